The number of carboxylic acids is 1. The van der Waals surface area contributed by atoms with Gasteiger partial charge in [-0.05, 0) is 62.1 Å². The Hall–Kier alpha value is -3.84. The molecule has 0 fully saturated rings. The zero-order valence-corrected chi connectivity index (χ0v) is 21.5. The van der Waals surface area contributed by atoms with Crippen LogP contribution in [0.4, 0.5) is 4.79 Å². The van der Waals surface area contributed by atoms with Gasteiger partial charge < -0.3 is 24.2 Å². The number of carbonyl (C=O) groups is 2. The summed E-state index contributed by atoms with van der Waals surface area (Å²) in [6, 6.07) is 24.8. The van der Waals surface area contributed by atoms with Crippen molar-refractivity contribution in [2.75, 3.05) is 26.3 Å². The molecular weight excluding hydrogens is 470 g/mol. The predicted octanol–water partition coefficient (Wildman–Crippen LogP) is 5.54. The summed E-state index contributed by atoms with van der Waals surface area (Å²) in [5, 5.41) is 9.27. The van der Waals surface area contributed by atoms with Crippen LogP contribution in [0.2, 0.25) is 0 Å². The molecule has 7 heteroatoms. The minimum absolute atomic E-state index is 0.281. The van der Waals surface area contributed by atoms with E-state index < -0.39 is 18.2 Å². The molecule has 0 aliphatic heterocycles. The van der Waals surface area contributed by atoms with Gasteiger partial charge in [-0.2, -0.15) is 0 Å². The molecule has 1 amide bonds. The molecule has 196 valence electrons. The Bertz CT molecular complexity index is 1100. The molecule has 37 heavy (non-hydrogen) atoms. The first-order chi connectivity index (χ1) is 17.9. The molecule has 0 bridgehead atoms. The molecule has 3 aromatic carbocycles. The Morgan fingerprint density at radius 3 is 2.19 bits per heavy atom. The van der Waals surface area contributed by atoms with Gasteiger partial charge in [0.25, 0.3) is 0 Å². The highest BCUT2D eigenvalue weighted by molar-refractivity contribution is 5.72. The number of hydrogen-bond donors (Lipinski definition) is 1. The van der Waals surface area contributed by atoms with E-state index in [0.717, 1.165) is 24.0 Å². The lowest BCUT2D eigenvalue weighted by Crippen LogP contribution is -2.37. The number of carbonyl (C=O) groups excluding carboxylic acids is 1. The van der Waals surface area contributed by atoms with Gasteiger partial charge in [-0.1, -0.05) is 60.2 Å². The monoisotopic (exact) mass is 505 g/mol. The number of hydrogen-bond acceptors (Lipinski definition) is 5. The zero-order valence-electron chi connectivity index (χ0n) is 21.5. The van der Waals surface area contributed by atoms with Crippen molar-refractivity contribution in [2.45, 2.75) is 39.2 Å². The van der Waals surface area contributed by atoms with Gasteiger partial charge in [0.15, 0.2) is 6.10 Å². The molecule has 0 saturated heterocycles. The van der Waals surface area contributed by atoms with Crippen molar-refractivity contribution in [3.8, 4) is 11.5 Å². The molecule has 0 aromatic heterocycles. The van der Waals surface area contributed by atoms with Crippen LogP contribution in [0, 0.1) is 6.92 Å². The quantitative estimate of drug-likeness (QED) is 0.310. The molecule has 1 atom stereocenters. The molecule has 3 aromatic rings. The van der Waals surface area contributed by atoms with Gasteiger partial charge in [0, 0.05) is 19.6 Å². The van der Waals surface area contributed by atoms with Crippen LogP contribution in [0.25, 0.3) is 0 Å². The first kappa shape index (κ1) is 27.7. The third-order valence-electron chi connectivity index (χ3n) is 5.84. The summed E-state index contributed by atoms with van der Waals surface area (Å²) in [4.78, 5) is 25.9. The summed E-state index contributed by atoms with van der Waals surface area (Å²) in [5.41, 5.74) is 3.16. The second-order valence-electron chi connectivity index (χ2n) is 8.74. The number of benzene rings is 3. The van der Waals surface area contributed by atoms with Gasteiger partial charge in [0.1, 0.15) is 18.1 Å². The summed E-state index contributed by atoms with van der Waals surface area (Å²) in [6.45, 7) is 5.29. The van der Waals surface area contributed by atoms with Crippen molar-refractivity contribution in [1.82, 2.24) is 4.90 Å². The van der Waals surface area contributed by atoms with Crippen LogP contribution < -0.4 is 9.47 Å². The fourth-order valence-corrected chi connectivity index (χ4v) is 3.81. The third kappa shape index (κ3) is 9.61. The summed E-state index contributed by atoms with van der Waals surface area (Å²) in [5.74, 6) is 0.169. The summed E-state index contributed by atoms with van der Waals surface area (Å²) >= 11 is 0. The molecule has 3 rings (SSSR count). The van der Waals surface area contributed by atoms with Crippen LogP contribution in [0.15, 0.2) is 78.9 Å². The number of nitrogens with zero attached hydrogens (tertiary/aromatic N) is 1. The largest absolute Gasteiger partial charge is 0.492 e. The van der Waals surface area contributed by atoms with Crippen LogP contribution in [0.3, 0.4) is 0 Å². The standard InChI is InChI=1S/C30H35NO6/c1-3-35-28(29(32)33)22-25-13-17-26(18-14-25)36-21-20-31(19-7-10-24-8-5-4-6-9-24)30(34)37-27-15-11-23(2)12-16-27/h4-6,8-9,11-18,28H,3,7,10,19-22H2,1-2H3,(H,32,33). The number of ether oxygens (including phenoxy) is 3. The van der Waals surface area contributed by atoms with E-state index in [2.05, 4.69) is 12.1 Å². The Labute approximate surface area is 218 Å². The van der Waals surface area contributed by atoms with Gasteiger partial charge in [0.2, 0.25) is 0 Å². The highest BCUT2D eigenvalue weighted by atomic mass is 16.6. The van der Waals surface area contributed by atoms with E-state index >= 15 is 0 Å². The van der Waals surface area contributed by atoms with Crippen LogP contribution >= 0.6 is 0 Å². The Morgan fingerprint density at radius 1 is 0.865 bits per heavy atom. The van der Waals surface area contributed by atoms with Gasteiger partial charge in [-0.3, -0.25) is 0 Å². The van der Waals surface area contributed by atoms with Crippen LogP contribution in [-0.4, -0.2) is 54.5 Å². The van der Waals surface area contributed by atoms with Crippen LogP contribution in [0.1, 0.15) is 30.0 Å². The minimum atomic E-state index is -0.980. The maximum absolute atomic E-state index is 12.9. The molecular formula is C30H35NO6. The van der Waals surface area contributed by atoms with E-state index in [4.69, 9.17) is 14.2 Å². The van der Waals surface area contributed by atoms with Crippen molar-refractivity contribution >= 4 is 12.1 Å². The van der Waals surface area contributed by atoms with Gasteiger partial charge in [0.05, 0.1) is 6.54 Å². The Kier molecular flexibility index (Phi) is 11.0. The summed E-state index contributed by atoms with van der Waals surface area (Å²) in [6.07, 6.45) is 0.652. The van der Waals surface area contributed by atoms with Gasteiger partial charge >= 0.3 is 12.1 Å². The Morgan fingerprint density at radius 2 is 1.54 bits per heavy atom. The SMILES string of the molecule is CCOC(Cc1ccc(OCCN(CCCc2ccccc2)C(=O)Oc2ccc(C)cc2)cc1)C(=O)O. The van der Waals surface area contributed by atoms with E-state index in [1.54, 1.807) is 36.1 Å². The maximum atomic E-state index is 12.9. The lowest BCUT2D eigenvalue weighted by molar-refractivity contribution is -0.149. The molecule has 0 aliphatic carbocycles. The normalized spacial score (nSPS) is 11.5. The molecule has 0 saturated carbocycles. The molecule has 0 spiro atoms. The van der Waals surface area contributed by atoms with E-state index in [-0.39, 0.29) is 6.42 Å². The summed E-state index contributed by atoms with van der Waals surface area (Å²) < 4.78 is 16.8. The summed E-state index contributed by atoms with van der Waals surface area (Å²) in [7, 11) is 0. The third-order valence-corrected chi connectivity index (χ3v) is 5.84. The number of carboxylic acid groups (broad SMARTS) is 1. The van der Waals surface area contributed by atoms with Crippen LogP contribution in [0.5, 0.6) is 11.5 Å². The van der Waals surface area contributed by atoms with Gasteiger partial charge in [-0.25, -0.2) is 9.59 Å². The lowest BCUT2D eigenvalue weighted by Gasteiger charge is -2.22. The second-order valence-corrected chi connectivity index (χ2v) is 8.74. The number of aryl methyl sites for hydroxylation is 2. The van der Waals surface area contributed by atoms with Crippen molar-refractivity contribution in [3.05, 3.63) is 95.6 Å². The highest BCUT2D eigenvalue weighted by Gasteiger charge is 2.18. The smallest absolute Gasteiger partial charge is 0.415 e. The maximum Gasteiger partial charge on any atom is 0.415 e. The first-order valence-electron chi connectivity index (χ1n) is 12.6. The van der Waals surface area contributed by atoms with Crippen molar-refractivity contribution in [1.29, 1.82) is 0 Å². The Balaban J connectivity index is 1.55. The van der Waals surface area contributed by atoms with Crippen molar-refractivity contribution in [2.24, 2.45) is 0 Å². The lowest BCUT2D eigenvalue weighted by atomic mass is 10.1. The molecule has 7 nitrogen and oxygen atoms in total. The van der Waals surface area contributed by atoms with Crippen LogP contribution in [-0.2, 0) is 22.4 Å². The van der Waals surface area contributed by atoms with E-state index in [1.165, 1.54) is 5.56 Å². The fourth-order valence-electron chi connectivity index (χ4n) is 3.81. The number of aliphatic carboxylic acids is 1. The molecule has 1 N–H and O–H groups in total. The fraction of sp³-hybridized carbons (Fsp3) is 0.333. The van der Waals surface area contributed by atoms with Crippen molar-refractivity contribution in [3.63, 3.8) is 0 Å². The zero-order chi connectivity index (χ0) is 26.5. The number of rotatable bonds is 14. The van der Waals surface area contributed by atoms with E-state index in [9.17, 15) is 14.7 Å². The van der Waals surface area contributed by atoms with Crippen molar-refractivity contribution < 1.29 is 28.9 Å². The topological polar surface area (TPSA) is 85.3 Å². The molecule has 0 aliphatic rings. The average Bonchev–Trinajstić information content (AvgIpc) is 2.90. The van der Waals surface area contributed by atoms with E-state index in [0.29, 0.717) is 37.8 Å². The van der Waals surface area contributed by atoms with E-state index in [1.807, 2.05) is 49.4 Å². The number of amides is 1. The molecule has 1 unspecified atom stereocenters. The minimum Gasteiger partial charge on any atom is -0.492 e. The van der Waals surface area contributed by atoms with Gasteiger partial charge in [-0.15, -0.1) is 0 Å². The molecule has 0 radical (unpaired) electrons. The average molecular weight is 506 g/mol. The first-order valence-corrected chi connectivity index (χ1v) is 12.6. The second kappa shape index (κ2) is 14.7. The predicted molar refractivity (Wildman–Crippen MR) is 142 cm³/mol. The highest BCUT2D eigenvalue weighted by Crippen LogP contribution is 2.16. The molecule has 0 heterocycles.